The Kier molecular flexibility index (Phi) is 4.20. The minimum absolute atomic E-state index is 0.232. The first-order chi connectivity index (χ1) is 9.10. The van der Waals surface area contributed by atoms with Crippen LogP contribution in [0.25, 0.3) is 0 Å². The average molecular weight is 370 g/mol. The molecule has 0 amide bonds. The van der Waals surface area contributed by atoms with Gasteiger partial charge in [-0.15, -0.1) is 0 Å². The molecule has 1 aromatic carbocycles. The van der Waals surface area contributed by atoms with Crippen molar-refractivity contribution in [2.75, 3.05) is 12.8 Å². The maximum absolute atomic E-state index is 11.6. The third-order valence-corrected chi connectivity index (χ3v) is 3.05. The maximum atomic E-state index is 11.6. The Hall–Kier alpha value is -1.83. The number of carbonyl (C=O) groups is 1. The molecule has 0 saturated carbocycles. The second-order valence-electron chi connectivity index (χ2n) is 3.65. The summed E-state index contributed by atoms with van der Waals surface area (Å²) in [5.41, 5.74) is 5.80. The van der Waals surface area contributed by atoms with Crippen molar-refractivity contribution in [2.24, 2.45) is 0 Å². The summed E-state index contributed by atoms with van der Waals surface area (Å²) < 4.78 is 11.4. The topological polar surface area (TPSA) is 74.4 Å². The molecule has 98 valence electrons. The molecule has 0 radical (unpaired) electrons. The molecule has 0 aliphatic carbocycles. The number of ether oxygens (including phenoxy) is 2. The van der Waals surface area contributed by atoms with E-state index in [0.717, 1.165) is 3.57 Å². The summed E-state index contributed by atoms with van der Waals surface area (Å²) in [7, 11) is 1.30. The second kappa shape index (κ2) is 5.87. The normalized spacial score (nSPS) is 10.0. The number of hydrogen-bond acceptors (Lipinski definition) is 5. The molecule has 2 rings (SSSR count). The van der Waals surface area contributed by atoms with Crippen LogP contribution < -0.4 is 10.5 Å². The van der Waals surface area contributed by atoms with Gasteiger partial charge in [-0.05, 0) is 52.9 Å². The van der Waals surface area contributed by atoms with Crippen LogP contribution in [0.2, 0.25) is 0 Å². The Bertz CT molecular complexity index is 599. The highest BCUT2D eigenvalue weighted by Gasteiger charge is 2.15. The Morgan fingerprint density at radius 1 is 1.32 bits per heavy atom. The minimum atomic E-state index is -0.519. The number of methoxy groups -OCH3 is 1. The molecule has 6 heteroatoms. The van der Waals surface area contributed by atoms with E-state index in [2.05, 4.69) is 32.3 Å². The highest BCUT2D eigenvalue weighted by Crippen LogP contribution is 2.26. The molecular weight excluding hydrogens is 359 g/mol. The lowest BCUT2D eigenvalue weighted by atomic mass is 10.2. The van der Waals surface area contributed by atoms with E-state index in [4.69, 9.17) is 10.5 Å². The van der Waals surface area contributed by atoms with Crippen LogP contribution in [-0.4, -0.2) is 18.1 Å². The summed E-state index contributed by atoms with van der Waals surface area (Å²) >= 11 is 2.20. The van der Waals surface area contributed by atoms with Crippen LogP contribution in [-0.2, 0) is 4.74 Å². The van der Waals surface area contributed by atoms with Crippen LogP contribution in [0.15, 0.2) is 36.5 Å². The van der Waals surface area contributed by atoms with E-state index in [9.17, 15) is 4.79 Å². The number of halogens is 1. The molecule has 0 saturated heterocycles. The third kappa shape index (κ3) is 3.34. The van der Waals surface area contributed by atoms with Crippen molar-refractivity contribution in [3.05, 3.63) is 45.7 Å². The highest BCUT2D eigenvalue weighted by atomic mass is 127. The standard InChI is InChI=1S/C13H11IN2O3/c1-18-13(17)10-6-12(15)16-7-11(10)19-9-4-2-8(14)3-5-9/h2-7H,1H3,(H2,15,16). The average Bonchev–Trinajstić information content (AvgIpc) is 2.42. The van der Waals surface area contributed by atoms with Gasteiger partial charge in [0.25, 0.3) is 0 Å². The number of benzene rings is 1. The summed E-state index contributed by atoms with van der Waals surface area (Å²) in [6, 6.07) is 8.84. The van der Waals surface area contributed by atoms with Crippen LogP contribution >= 0.6 is 22.6 Å². The van der Waals surface area contributed by atoms with Crippen molar-refractivity contribution in [1.82, 2.24) is 4.98 Å². The Labute approximate surface area is 123 Å². The van der Waals surface area contributed by atoms with Crippen molar-refractivity contribution in [2.45, 2.75) is 0 Å². The number of esters is 1. The van der Waals surface area contributed by atoms with Gasteiger partial charge in [-0.2, -0.15) is 0 Å². The summed E-state index contributed by atoms with van der Waals surface area (Å²) in [6.45, 7) is 0. The number of anilines is 1. The van der Waals surface area contributed by atoms with E-state index in [0.29, 0.717) is 11.5 Å². The summed E-state index contributed by atoms with van der Waals surface area (Å²) in [5.74, 6) is 0.629. The number of nitrogens with two attached hydrogens (primary N) is 1. The predicted molar refractivity (Wildman–Crippen MR) is 79.2 cm³/mol. The molecule has 2 N–H and O–H groups in total. The molecule has 19 heavy (non-hydrogen) atoms. The van der Waals surface area contributed by atoms with Gasteiger partial charge in [-0.25, -0.2) is 9.78 Å². The molecule has 0 aliphatic heterocycles. The zero-order valence-electron chi connectivity index (χ0n) is 10.1. The predicted octanol–water partition coefficient (Wildman–Crippen LogP) is 2.85. The van der Waals surface area contributed by atoms with Gasteiger partial charge in [-0.1, -0.05) is 0 Å². The van der Waals surface area contributed by atoms with Gasteiger partial charge in [0.05, 0.1) is 13.3 Å². The minimum Gasteiger partial charge on any atom is -0.465 e. The van der Waals surface area contributed by atoms with Gasteiger partial charge in [0.1, 0.15) is 17.1 Å². The number of nitrogens with zero attached hydrogens (tertiary/aromatic N) is 1. The SMILES string of the molecule is COC(=O)c1cc(N)ncc1Oc1ccc(I)cc1. The molecule has 0 aliphatic rings. The van der Waals surface area contributed by atoms with E-state index in [1.54, 1.807) is 12.1 Å². The molecule has 2 aromatic rings. The van der Waals surface area contributed by atoms with Gasteiger partial charge in [-0.3, -0.25) is 0 Å². The summed E-state index contributed by atoms with van der Waals surface area (Å²) in [6.07, 6.45) is 1.40. The van der Waals surface area contributed by atoms with Gasteiger partial charge < -0.3 is 15.2 Å². The largest absolute Gasteiger partial charge is 0.465 e. The molecule has 5 nitrogen and oxygen atoms in total. The van der Waals surface area contributed by atoms with Crippen LogP contribution in [0.3, 0.4) is 0 Å². The number of aromatic nitrogens is 1. The monoisotopic (exact) mass is 370 g/mol. The molecule has 1 aromatic heterocycles. The molecule has 0 spiro atoms. The van der Waals surface area contributed by atoms with E-state index >= 15 is 0 Å². The van der Waals surface area contributed by atoms with Gasteiger partial charge >= 0.3 is 5.97 Å². The fraction of sp³-hybridized carbons (Fsp3) is 0.0769. The van der Waals surface area contributed by atoms with Crippen molar-refractivity contribution in [3.8, 4) is 11.5 Å². The van der Waals surface area contributed by atoms with Gasteiger partial charge in [0.2, 0.25) is 0 Å². The number of hydrogen-bond donors (Lipinski definition) is 1. The van der Waals surface area contributed by atoms with Crippen LogP contribution in [0.1, 0.15) is 10.4 Å². The van der Waals surface area contributed by atoms with Gasteiger partial charge in [0, 0.05) is 3.57 Å². The van der Waals surface area contributed by atoms with Crippen LogP contribution in [0.4, 0.5) is 5.82 Å². The molecule has 0 atom stereocenters. The van der Waals surface area contributed by atoms with E-state index in [-0.39, 0.29) is 11.4 Å². The number of carbonyl (C=O) groups excluding carboxylic acids is 1. The summed E-state index contributed by atoms with van der Waals surface area (Å²) in [5, 5.41) is 0. The fourth-order valence-corrected chi connectivity index (χ4v) is 1.80. The third-order valence-electron chi connectivity index (χ3n) is 2.34. The molecule has 0 unspecified atom stereocenters. The first-order valence-electron chi connectivity index (χ1n) is 5.37. The van der Waals surface area contributed by atoms with Crippen molar-refractivity contribution in [1.29, 1.82) is 0 Å². The van der Waals surface area contributed by atoms with Crippen molar-refractivity contribution >= 4 is 34.4 Å². The maximum Gasteiger partial charge on any atom is 0.341 e. The smallest absolute Gasteiger partial charge is 0.341 e. The van der Waals surface area contributed by atoms with Gasteiger partial charge in [0.15, 0.2) is 5.75 Å². The Balaban J connectivity index is 2.34. The zero-order chi connectivity index (χ0) is 13.8. The quantitative estimate of drug-likeness (QED) is 0.665. The highest BCUT2D eigenvalue weighted by molar-refractivity contribution is 14.1. The molecule has 1 heterocycles. The lowest BCUT2D eigenvalue weighted by molar-refractivity contribution is 0.0598. The van der Waals surface area contributed by atoms with Crippen molar-refractivity contribution < 1.29 is 14.3 Å². The van der Waals surface area contributed by atoms with E-state index < -0.39 is 5.97 Å². The lowest BCUT2D eigenvalue weighted by Gasteiger charge is -2.10. The second-order valence-corrected chi connectivity index (χ2v) is 4.90. The molecule has 0 bridgehead atoms. The number of pyridine rings is 1. The first kappa shape index (κ1) is 13.6. The number of rotatable bonds is 3. The number of nitrogen functional groups attached to an aromatic ring is 1. The van der Waals surface area contributed by atoms with E-state index in [1.807, 2.05) is 12.1 Å². The lowest BCUT2D eigenvalue weighted by Crippen LogP contribution is -2.05. The first-order valence-corrected chi connectivity index (χ1v) is 6.45. The Morgan fingerprint density at radius 2 is 2.00 bits per heavy atom. The zero-order valence-corrected chi connectivity index (χ0v) is 12.2. The Morgan fingerprint density at radius 3 is 2.63 bits per heavy atom. The summed E-state index contributed by atoms with van der Waals surface area (Å²) in [4.78, 5) is 15.6. The molecule has 0 fully saturated rings. The van der Waals surface area contributed by atoms with E-state index in [1.165, 1.54) is 19.4 Å². The van der Waals surface area contributed by atoms with Crippen LogP contribution in [0.5, 0.6) is 11.5 Å². The van der Waals surface area contributed by atoms with Crippen LogP contribution in [0, 0.1) is 3.57 Å². The van der Waals surface area contributed by atoms with Crippen molar-refractivity contribution in [3.63, 3.8) is 0 Å². The molecular formula is C13H11IN2O3. The fourth-order valence-electron chi connectivity index (χ4n) is 1.44.